The Labute approximate surface area is 107 Å². The predicted molar refractivity (Wildman–Crippen MR) is 67.4 cm³/mol. The number of aliphatic hydroxyl groups excluding tert-OH is 1. The molecule has 0 saturated carbocycles. The maximum atomic E-state index is 11.4. The van der Waals surface area contributed by atoms with Gasteiger partial charge in [0, 0.05) is 0 Å². The van der Waals surface area contributed by atoms with Gasteiger partial charge in [0.2, 0.25) is 0 Å². The minimum Gasteiger partial charge on any atom is -0.465 e. The van der Waals surface area contributed by atoms with Gasteiger partial charge in [-0.15, -0.1) is 0 Å². The number of methoxy groups -OCH3 is 1. The molecule has 0 amide bonds. The third-order valence-electron chi connectivity index (χ3n) is 2.65. The van der Waals surface area contributed by atoms with Gasteiger partial charge in [0.25, 0.3) is 0 Å². The first kappa shape index (κ1) is 14.7. The van der Waals surface area contributed by atoms with E-state index in [9.17, 15) is 4.79 Å². The molecule has 2 N–H and O–H groups in total. The molecule has 0 aliphatic heterocycles. The van der Waals surface area contributed by atoms with Gasteiger partial charge in [-0.05, 0) is 39.3 Å². The Balaban J connectivity index is 2.37. The van der Waals surface area contributed by atoms with Crippen LogP contribution in [0.3, 0.4) is 0 Å². The Morgan fingerprint density at radius 3 is 2.94 bits per heavy atom. The molecule has 1 atom stereocenters. The number of rotatable bonds is 7. The summed E-state index contributed by atoms with van der Waals surface area (Å²) in [4.78, 5) is 11.4. The number of furan rings is 1. The molecule has 0 aliphatic carbocycles. The summed E-state index contributed by atoms with van der Waals surface area (Å²) in [5.74, 6) is 0.907. The first-order chi connectivity index (χ1) is 8.54. The Bertz CT molecular complexity index is 384. The number of esters is 1. The second-order valence-electron chi connectivity index (χ2n) is 4.34. The van der Waals surface area contributed by atoms with Gasteiger partial charge in [-0.1, -0.05) is 0 Å². The van der Waals surface area contributed by atoms with Gasteiger partial charge < -0.3 is 19.6 Å². The van der Waals surface area contributed by atoms with Crippen molar-refractivity contribution in [2.24, 2.45) is 0 Å². The van der Waals surface area contributed by atoms with E-state index >= 15 is 0 Å². The predicted octanol–water partition coefficient (Wildman–Crippen LogP) is 1.63. The Hall–Kier alpha value is -1.33. The van der Waals surface area contributed by atoms with Gasteiger partial charge in [-0.3, -0.25) is 0 Å². The molecule has 1 aromatic rings. The highest BCUT2D eigenvalue weighted by Gasteiger charge is 2.14. The Morgan fingerprint density at radius 2 is 2.33 bits per heavy atom. The summed E-state index contributed by atoms with van der Waals surface area (Å²) in [5.41, 5.74) is 0.471. The summed E-state index contributed by atoms with van der Waals surface area (Å²) in [7, 11) is 1.35. The zero-order chi connectivity index (χ0) is 13.5. The van der Waals surface area contributed by atoms with E-state index in [2.05, 4.69) is 10.1 Å². The van der Waals surface area contributed by atoms with Crippen molar-refractivity contribution in [3.63, 3.8) is 0 Å². The Kier molecular flexibility index (Phi) is 5.88. The Morgan fingerprint density at radius 1 is 1.61 bits per heavy atom. The number of carbonyl (C=O) groups excluding carboxylic acids is 1. The molecule has 0 aliphatic rings. The van der Waals surface area contributed by atoms with Crippen LogP contribution in [0.4, 0.5) is 0 Å². The second kappa shape index (κ2) is 7.18. The van der Waals surface area contributed by atoms with E-state index in [1.54, 1.807) is 19.9 Å². The number of aryl methyl sites for hydroxylation is 1. The number of aliphatic hydroxyl groups is 1. The summed E-state index contributed by atoms with van der Waals surface area (Å²) in [6, 6.07) is 1.70. The van der Waals surface area contributed by atoms with E-state index < -0.39 is 0 Å². The van der Waals surface area contributed by atoms with Gasteiger partial charge in [0.05, 0.1) is 19.8 Å². The molecule has 0 fully saturated rings. The summed E-state index contributed by atoms with van der Waals surface area (Å²) in [6.45, 7) is 4.89. The monoisotopic (exact) mass is 255 g/mol. The van der Waals surface area contributed by atoms with Crippen LogP contribution in [0.2, 0.25) is 0 Å². The van der Waals surface area contributed by atoms with Crippen LogP contribution in [0.5, 0.6) is 0 Å². The molecule has 0 saturated heterocycles. The smallest absolute Gasteiger partial charge is 0.341 e. The van der Waals surface area contributed by atoms with Crippen LogP contribution in [0.15, 0.2) is 10.5 Å². The van der Waals surface area contributed by atoms with Crippen molar-refractivity contribution >= 4 is 5.97 Å². The van der Waals surface area contributed by atoms with Gasteiger partial charge in [0.15, 0.2) is 0 Å². The van der Waals surface area contributed by atoms with Crippen molar-refractivity contribution < 1.29 is 19.1 Å². The SMILES string of the molecule is COC(=O)c1cc(CNCCCC(C)O)oc1C. The topological polar surface area (TPSA) is 71.7 Å². The molecule has 1 unspecified atom stereocenters. The molecule has 0 bridgehead atoms. The van der Waals surface area contributed by atoms with Crippen molar-refractivity contribution in [2.75, 3.05) is 13.7 Å². The number of nitrogens with one attached hydrogen (secondary N) is 1. The minimum atomic E-state index is -0.378. The van der Waals surface area contributed by atoms with E-state index in [4.69, 9.17) is 9.52 Å². The molecule has 18 heavy (non-hydrogen) atoms. The normalized spacial score (nSPS) is 12.4. The van der Waals surface area contributed by atoms with E-state index in [0.29, 0.717) is 23.6 Å². The van der Waals surface area contributed by atoms with Gasteiger partial charge in [-0.25, -0.2) is 4.79 Å². The van der Waals surface area contributed by atoms with Crippen LogP contribution >= 0.6 is 0 Å². The van der Waals surface area contributed by atoms with Gasteiger partial charge in [0.1, 0.15) is 17.1 Å². The van der Waals surface area contributed by atoms with Gasteiger partial charge in [-0.2, -0.15) is 0 Å². The molecule has 102 valence electrons. The standard InChI is InChI=1S/C13H21NO4/c1-9(15)5-4-6-14-8-11-7-12(10(2)18-11)13(16)17-3/h7,9,14-15H,4-6,8H2,1-3H3. The van der Waals surface area contributed by atoms with E-state index in [1.165, 1.54) is 7.11 Å². The third-order valence-corrected chi connectivity index (χ3v) is 2.65. The molecule has 5 nitrogen and oxygen atoms in total. The van der Waals surface area contributed by atoms with E-state index in [-0.39, 0.29) is 12.1 Å². The molecule has 0 radical (unpaired) electrons. The average Bonchev–Trinajstić information content (AvgIpc) is 2.69. The molecule has 0 aromatic carbocycles. The molecule has 0 spiro atoms. The molecular formula is C13H21NO4. The van der Waals surface area contributed by atoms with Crippen LogP contribution < -0.4 is 5.32 Å². The van der Waals surface area contributed by atoms with Crippen LogP contribution in [0, 0.1) is 6.92 Å². The third kappa shape index (κ3) is 4.50. The van der Waals surface area contributed by atoms with Crippen molar-refractivity contribution in [1.29, 1.82) is 0 Å². The van der Waals surface area contributed by atoms with E-state index in [1.807, 2.05) is 0 Å². The fourth-order valence-electron chi connectivity index (χ4n) is 1.68. The summed E-state index contributed by atoms with van der Waals surface area (Å²) < 4.78 is 10.1. The fraction of sp³-hybridized carbons (Fsp3) is 0.615. The highest BCUT2D eigenvalue weighted by atomic mass is 16.5. The lowest BCUT2D eigenvalue weighted by molar-refractivity contribution is 0.0599. The lowest BCUT2D eigenvalue weighted by Gasteiger charge is -2.04. The number of hydrogen-bond acceptors (Lipinski definition) is 5. The van der Waals surface area contributed by atoms with Crippen LogP contribution in [0.1, 0.15) is 41.6 Å². The van der Waals surface area contributed by atoms with Crippen molar-refractivity contribution in [2.45, 2.75) is 39.3 Å². The van der Waals surface area contributed by atoms with Crippen LogP contribution in [0.25, 0.3) is 0 Å². The van der Waals surface area contributed by atoms with Crippen molar-refractivity contribution in [3.8, 4) is 0 Å². The molecule has 1 rings (SSSR count). The fourth-order valence-corrected chi connectivity index (χ4v) is 1.68. The lowest BCUT2D eigenvalue weighted by atomic mass is 10.2. The zero-order valence-electron chi connectivity index (χ0n) is 11.2. The van der Waals surface area contributed by atoms with Crippen molar-refractivity contribution in [3.05, 3.63) is 23.2 Å². The number of hydrogen-bond donors (Lipinski definition) is 2. The van der Waals surface area contributed by atoms with Crippen LogP contribution in [-0.2, 0) is 11.3 Å². The highest BCUT2D eigenvalue weighted by Crippen LogP contribution is 2.15. The van der Waals surface area contributed by atoms with E-state index in [0.717, 1.165) is 19.4 Å². The minimum absolute atomic E-state index is 0.261. The first-order valence-corrected chi connectivity index (χ1v) is 6.11. The molecular weight excluding hydrogens is 234 g/mol. The molecule has 5 heteroatoms. The second-order valence-corrected chi connectivity index (χ2v) is 4.34. The maximum Gasteiger partial charge on any atom is 0.341 e. The maximum absolute atomic E-state index is 11.4. The highest BCUT2D eigenvalue weighted by molar-refractivity contribution is 5.90. The lowest BCUT2D eigenvalue weighted by Crippen LogP contribution is -2.15. The van der Waals surface area contributed by atoms with Crippen LogP contribution in [-0.4, -0.2) is 30.8 Å². The van der Waals surface area contributed by atoms with Crippen molar-refractivity contribution in [1.82, 2.24) is 5.32 Å². The summed E-state index contributed by atoms with van der Waals surface area (Å²) in [6.07, 6.45) is 1.42. The summed E-state index contributed by atoms with van der Waals surface area (Å²) >= 11 is 0. The average molecular weight is 255 g/mol. The molecule has 1 aromatic heterocycles. The first-order valence-electron chi connectivity index (χ1n) is 6.11. The largest absolute Gasteiger partial charge is 0.465 e. The number of carbonyl (C=O) groups is 1. The van der Waals surface area contributed by atoms with Gasteiger partial charge >= 0.3 is 5.97 Å². The number of ether oxygens (including phenoxy) is 1. The molecule has 1 heterocycles. The summed E-state index contributed by atoms with van der Waals surface area (Å²) in [5, 5.41) is 12.3. The quantitative estimate of drug-likeness (QED) is 0.572. The zero-order valence-corrected chi connectivity index (χ0v) is 11.2.